The van der Waals surface area contributed by atoms with E-state index in [1.54, 1.807) is 0 Å². The van der Waals surface area contributed by atoms with Gasteiger partial charge in [-0.05, 0) is 44.4 Å². The van der Waals surface area contributed by atoms with Crippen LogP contribution in [-0.2, 0) is 17.0 Å². The summed E-state index contributed by atoms with van der Waals surface area (Å²) in [5, 5.41) is 5.16. The zero-order valence-corrected chi connectivity index (χ0v) is 21.8. The molecule has 160 valence electrons. The van der Waals surface area contributed by atoms with Crippen molar-refractivity contribution in [3.05, 3.63) is 110 Å². The third kappa shape index (κ3) is 5.47. The van der Waals surface area contributed by atoms with Crippen molar-refractivity contribution in [2.45, 2.75) is 46.6 Å². The summed E-state index contributed by atoms with van der Waals surface area (Å²) in [5.74, 6) is 0.324. The van der Waals surface area contributed by atoms with Crippen molar-refractivity contribution in [2.24, 2.45) is 0 Å². The molecule has 4 rings (SSSR count). The van der Waals surface area contributed by atoms with Crippen LogP contribution in [0.1, 0.15) is 64.8 Å². The zero-order chi connectivity index (χ0) is 22.5. The van der Waals surface area contributed by atoms with Crippen LogP contribution in [0, 0.1) is 20.8 Å². The van der Waals surface area contributed by atoms with Crippen molar-refractivity contribution in [1.29, 1.82) is 0 Å². The minimum absolute atomic E-state index is 0.108. The standard InChI is InChI=1S/C27H28N.2ClH.Ti/c1-17-14-19(3)27(20(4)15-17)28-21(5)23-11-8-9-13-25(23)26-18(2)16-22-10-6-7-12-24(22)26;;;/h6-16,21,26H,1-5H3;2*1H;/q-1;;;+2/p-2. The van der Waals surface area contributed by atoms with Crippen molar-refractivity contribution < 1.29 is 17.0 Å². The molecule has 0 heterocycles. The van der Waals surface area contributed by atoms with Gasteiger partial charge in [0, 0.05) is 5.92 Å². The number of rotatable bonds is 4. The van der Waals surface area contributed by atoms with Crippen LogP contribution in [0.25, 0.3) is 11.4 Å². The molecular weight excluding hydrogens is 457 g/mol. The topological polar surface area (TPSA) is 14.1 Å². The van der Waals surface area contributed by atoms with E-state index >= 15 is 0 Å². The van der Waals surface area contributed by atoms with Gasteiger partial charge < -0.3 is 5.32 Å². The maximum atomic E-state index is 5.16. The maximum absolute atomic E-state index is 5.16. The van der Waals surface area contributed by atoms with E-state index < -0.39 is 17.0 Å². The van der Waals surface area contributed by atoms with Crippen molar-refractivity contribution in [3.63, 3.8) is 0 Å². The average Bonchev–Trinajstić information content (AvgIpc) is 3.06. The summed E-state index contributed by atoms with van der Waals surface area (Å²) >= 11 is -0.556. The molecule has 0 amide bonds. The summed E-state index contributed by atoms with van der Waals surface area (Å²) in [6.45, 7) is 10.9. The van der Waals surface area contributed by atoms with Gasteiger partial charge in [-0.2, -0.15) is 0 Å². The molecule has 3 aromatic rings. The van der Waals surface area contributed by atoms with E-state index in [1.807, 2.05) is 0 Å². The Morgan fingerprint density at radius 1 is 0.839 bits per heavy atom. The Balaban J connectivity index is 0.000000858. The molecule has 1 nitrogen and oxygen atoms in total. The third-order valence-corrected chi connectivity index (χ3v) is 5.86. The van der Waals surface area contributed by atoms with Crippen LogP contribution in [0.4, 0.5) is 5.69 Å². The Labute approximate surface area is 203 Å². The first-order valence-corrected chi connectivity index (χ1v) is 14.8. The molecule has 1 aliphatic rings. The monoisotopic (exact) mass is 484 g/mol. The van der Waals surface area contributed by atoms with Crippen LogP contribution < -0.4 is 0 Å². The molecule has 0 saturated heterocycles. The second-order valence-corrected chi connectivity index (χ2v) is 10.8. The van der Waals surface area contributed by atoms with Gasteiger partial charge in [0.25, 0.3) is 0 Å². The summed E-state index contributed by atoms with van der Waals surface area (Å²) in [5.41, 5.74) is 11.8. The van der Waals surface area contributed by atoms with Crippen molar-refractivity contribution >= 4 is 30.4 Å². The predicted octanol–water partition coefficient (Wildman–Crippen LogP) is 9.30. The zero-order valence-electron chi connectivity index (χ0n) is 18.7. The second kappa shape index (κ2) is 10.9. The quantitative estimate of drug-likeness (QED) is 0.327. The number of halogens is 2. The van der Waals surface area contributed by atoms with Crippen LogP contribution in [-0.4, -0.2) is 0 Å². The summed E-state index contributed by atoms with van der Waals surface area (Å²) in [6, 6.07) is 22.1. The molecule has 1 aliphatic carbocycles. The van der Waals surface area contributed by atoms with E-state index in [-0.39, 0.29) is 6.04 Å². The van der Waals surface area contributed by atoms with Crippen LogP contribution in [0.2, 0.25) is 0 Å². The van der Waals surface area contributed by atoms with Gasteiger partial charge in [-0.3, -0.25) is 0 Å². The first-order chi connectivity index (χ1) is 14.9. The van der Waals surface area contributed by atoms with E-state index in [4.69, 9.17) is 23.9 Å². The fourth-order valence-corrected chi connectivity index (χ4v) is 4.69. The summed E-state index contributed by atoms with van der Waals surface area (Å²) in [4.78, 5) is 0. The molecule has 31 heavy (non-hydrogen) atoms. The summed E-state index contributed by atoms with van der Waals surface area (Å²) in [6.07, 6.45) is 2.33. The van der Waals surface area contributed by atoms with Gasteiger partial charge in [0.1, 0.15) is 0 Å². The number of benzene rings is 3. The van der Waals surface area contributed by atoms with Gasteiger partial charge in [-0.15, -0.1) is 5.69 Å². The molecule has 0 aromatic heterocycles. The molecule has 0 N–H and O–H groups in total. The van der Waals surface area contributed by atoms with Gasteiger partial charge >= 0.3 is 35.6 Å². The molecule has 3 aromatic carbocycles. The molecule has 2 atom stereocenters. The van der Waals surface area contributed by atoms with Gasteiger partial charge in [0.2, 0.25) is 0 Å². The Hall–Kier alpha value is -1.51. The molecule has 0 bridgehead atoms. The molecule has 4 heteroatoms. The molecule has 0 saturated carbocycles. The van der Waals surface area contributed by atoms with E-state index in [2.05, 4.69) is 101 Å². The molecule has 0 spiro atoms. The van der Waals surface area contributed by atoms with Crippen LogP contribution >= 0.6 is 18.6 Å². The number of hydrogen-bond acceptors (Lipinski definition) is 0. The molecular formula is C27H28Cl2NTi-. The van der Waals surface area contributed by atoms with E-state index in [1.165, 1.54) is 44.5 Å². The predicted molar refractivity (Wildman–Crippen MR) is 132 cm³/mol. The minimum atomic E-state index is -0.556. The van der Waals surface area contributed by atoms with E-state index in [0.717, 1.165) is 5.69 Å². The third-order valence-electron chi connectivity index (χ3n) is 5.86. The molecule has 2 unspecified atom stereocenters. The fraction of sp³-hybridized carbons (Fsp3) is 0.259. The number of allylic oxidation sites excluding steroid dienone is 1. The summed E-state index contributed by atoms with van der Waals surface area (Å²) < 4.78 is 0. The molecule has 0 aliphatic heterocycles. The van der Waals surface area contributed by atoms with Crippen LogP contribution in [0.15, 0.2) is 66.2 Å². The SMILES string of the molecule is CC1=Cc2ccccc2C1c1ccccc1C(C)[N-]c1c(C)cc(C)cc1C.[Cl][Ti][Cl]. The van der Waals surface area contributed by atoms with Gasteiger partial charge in [0.15, 0.2) is 0 Å². The second-order valence-electron chi connectivity index (χ2n) is 8.20. The van der Waals surface area contributed by atoms with Crippen LogP contribution in [0.3, 0.4) is 0 Å². The van der Waals surface area contributed by atoms with Gasteiger partial charge in [-0.25, -0.2) is 0 Å². The Morgan fingerprint density at radius 2 is 1.39 bits per heavy atom. The normalized spacial score (nSPS) is 15.3. The Kier molecular flexibility index (Phi) is 8.47. The van der Waals surface area contributed by atoms with Gasteiger partial charge in [-0.1, -0.05) is 108 Å². The average molecular weight is 485 g/mol. The number of hydrogen-bond donors (Lipinski definition) is 0. The first-order valence-electron chi connectivity index (χ1n) is 10.5. The summed E-state index contributed by atoms with van der Waals surface area (Å²) in [7, 11) is 9.78. The van der Waals surface area contributed by atoms with Crippen molar-refractivity contribution in [1.82, 2.24) is 0 Å². The van der Waals surface area contributed by atoms with Crippen molar-refractivity contribution in [3.8, 4) is 0 Å². The number of nitrogens with zero attached hydrogens (tertiary/aromatic N) is 1. The van der Waals surface area contributed by atoms with Crippen molar-refractivity contribution in [2.75, 3.05) is 0 Å². The Morgan fingerprint density at radius 3 is 2.03 bits per heavy atom. The van der Waals surface area contributed by atoms with E-state index in [9.17, 15) is 0 Å². The first kappa shape index (κ1) is 24.1. The number of aryl methyl sites for hydroxylation is 3. The Bertz CT molecular complexity index is 1070. The molecule has 0 fully saturated rings. The number of fused-ring (bicyclic) bond motifs is 1. The molecule has 0 radical (unpaired) electrons. The van der Waals surface area contributed by atoms with E-state index in [0.29, 0.717) is 5.92 Å². The van der Waals surface area contributed by atoms with Crippen LogP contribution in [0.5, 0.6) is 0 Å². The van der Waals surface area contributed by atoms with Gasteiger partial charge in [0.05, 0.1) is 0 Å². The fourth-order valence-electron chi connectivity index (χ4n) is 4.69.